The number of hydrogen-bond donors (Lipinski definition) is 1. The maximum Gasteiger partial charge on any atom is 0.196 e. The molecule has 0 bridgehead atoms. The zero-order chi connectivity index (χ0) is 14.5. The van der Waals surface area contributed by atoms with Crippen molar-refractivity contribution < 1.29 is 14.7 Å². The molecule has 2 rings (SSSR count). The predicted octanol–water partition coefficient (Wildman–Crippen LogP) is 3.14. The van der Waals surface area contributed by atoms with Crippen molar-refractivity contribution in [3.63, 3.8) is 0 Å². The molecule has 102 valence electrons. The highest BCUT2D eigenvalue weighted by Gasteiger charge is 2.14. The van der Waals surface area contributed by atoms with Crippen molar-refractivity contribution in [2.24, 2.45) is 0 Å². The lowest BCUT2D eigenvalue weighted by atomic mass is 9.99. The van der Waals surface area contributed by atoms with Gasteiger partial charge in [0.05, 0.1) is 5.56 Å². The second kappa shape index (κ2) is 6.15. The van der Waals surface area contributed by atoms with Gasteiger partial charge in [0.2, 0.25) is 0 Å². The number of ketones is 2. The van der Waals surface area contributed by atoms with Crippen LogP contribution in [0.15, 0.2) is 48.5 Å². The van der Waals surface area contributed by atoms with E-state index in [-0.39, 0.29) is 29.3 Å². The fourth-order valence-electron chi connectivity index (χ4n) is 1.98. The van der Waals surface area contributed by atoms with E-state index in [0.29, 0.717) is 12.0 Å². The van der Waals surface area contributed by atoms with Gasteiger partial charge in [0, 0.05) is 18.4 Å². The average molecular weight is 268 g/mol. The molecule has 3 nitrogen and oxygen atoms in total. The fourth-order valence-corrected chi connectivity index (χ4v) is 1.98. The molecule has 0 atom stereocenters. The monoisotopic (exact) mass is 268 g/mol. The average Bonchev–Trinajstić information content (AvgIpc) is 2.47. The first-order chi connectivity index (χ1) is 9.61. The van der Waals surface area contributed by atoms with Gasteiger partial charge in [-0.15, -0.1) is 0 Å². The van der Waals surface area contributed by atoms with Gasteiger partial charge in [-0.3, -0.25) is 9.59 Å². The molecular formula is C17H16O3. The fraction of sp³-hybridized carbons (Fsp3) is 0.176. The predicted molar refractivity (Wildman–Crippen MR) is 77.0 cm³/mol. The number of phenols is 1. The SMILES string of the molecule is CCC(=O)Cc1ccc(C(=O)c2ccccc2)c(O)c1. The molecule has 0 aliphatic heterocycles. The number of Topliss-reactive ketones (excluding diaryl/α,β-unsaturated/α-hetero) is 1. The first-order valence-corrected chi connectivity index (χ1v) is 6.55. The highest BCUT2D eigenvalue weighted by molar-refractivity contribution is 6.10. The Morgan fingerprint density at radius 2 is 1.75 bits per heavy atom. The molecule has 0 amide bonds. The standard InChI is InChI=1S/C17H16O3/c1-2-14(18)10-12-8-9-15(16(19)11-12)17(20)13-6-4-3-5-7-13/h3-9,11,19H,2,10H2,1H3. The van der Waals surface area contributed by atoms with Crippen molar-refractivity contribution in [3.05, 3.63) is 65.2 Å². The molecule has 0 aliphatic carbocycles. The van der Waals surface area contributed by atoms with E-state index in [9.17, 15) is 14.7 Å². The van der Waals surface area contributed by atoms with Gasteiger partial charge in [0.1, 0.15) is 11.5 Å². The van der Waals surface area contributed by atoms with Crippen LogP contribution in [0.25, 0.3) is 0 Å². The Kier molecular flexibility index (Phi) is 4.31. The highest BCUT2D eigenvalue weighted by atomic mass is 16.3. The van der Waals surface area contributed by atoms with Crippen LogP contribution < -0.4 is 0 Å². The Labute approximate surface area is 117 Å². The minimum atomic E-state index is -0.225. The van der Waals surface area contributed by atoms with Crippen LogP contribution >= 0.6 is 0 Å². The third-order valence-corrected chi connectivity index (χ3v) is 3.14. The summed E-state index contributed by atoms with van der Waals surface area (Å²) in [5.41, 5.74) is 1.50. The maximum atomic E-state index is 12.2. The number of carbonyl (C=O) groups excluding carboxylic acids is 2. The first kappa shape index (κ1) is 14.0. The van der Waals surface area contributed by atoms with Crippen molar-refractivity contribution in [3.8, 4) is 5.75 Å². The number of phenolic OH excluding ortho intramolecular Hbond substituents is 1. The maximum absolute atomic E-state index is 12.2. The van der Waals surface area contributed by atoms with E-state index in [2.05, 4.69) is 0 Å². The van der Waals surface area contributed by atoms with Crippen LogP contribution in [0.5, 0.6) is 5.75 Å². The molecule has 0 spiro atoms. The summed E-state index contributed by atoms with van der Waals surface area (Å²) in [4.78, 5) is 23.6. The van der Waals surface area contributed by atoms with E-state index >= 15 is 0 Å². The normalized spacial score (nSPS) is 10.2. The summed E-state index contributed by atoms with van der Waals surface area (Å²) in [5, 5.41) is 9.98. The van der Waals surface area contributed by atoms with E-state index < -0.39 is 0 Å². The minimum Gasteiger partial charge on any atom is -0.507 e. The number of rotatable bonds is 5. The van der Waals surface area contributed by atoms with Crippen LogP contribution in [0.3, 0.4) is 0 Å². The Morgan fingerprint density at radius 1 is 1.05 bits per heavy atom. The van der Waals surface area contributed by atoms with Crippen LogP contribution in [-0.2, 0) is 11.2 Å². The molecule has 0 saturated heterocycles. The summed E-state index contributed by atoms with van der Waals surface area (Å²) in [6.07, 6.45) is 0.745. The quantitative estimate of drug-likeness (QED) is 0.847. The van der Waals surface area contributed by atoms with Gasteiger partial charge in [0.25, 0.3) is 0 Å². The molecule has 0 aliphatic rings. The van der Waals surface area contributed by atoms with Gasteiger partial charge < -0.3 is 5.11 Å². The Balaban J connectivity index is 2.26. The smallest absolute Gasteiger partial charge is 0.196 e. The summed E-state index contributed by atoms with van der Waals surface area (Å²) < 4.78 is 0. The van der Waals surface area contributed by atoms with E-state index in [1.165, 1.54) is 6.07 Å². The molecule has 0 saturated carbocycles. The molecule has 1 N–H and O–H groups in total. The molecular weight excluding hydrogens is 252 g/mol. The topological polar surface area (TPSA) is 54.4 Å². The van der Waals surface area contributed by atoms with Crippen LogP contribution in [0.1, 0.15) is 34.8 Å². The summed E-state index contributed by atoms with van der Waals surface area (Å²) >= 11 is 0. The summed E-state index contributed by atoms with van der Waals surface area (Å²) in [6.45, 7) is 1.80. The van der Waals surface area contributed by atoms with Gasteiger partial charge >= 0.3 is 0 Å². The largest absolute Gasteiger partial charge is 0.507 e. The summed E-state index contributed by atoms with van der Waals surface area (Å²) in [5.74, 6) is -0.205. The molecule has 2 aromatic rings. The van der Waals surface area contributed by atoms with Crippen molar-refractivity contribution >= 4 is 11.6 Å². The van der Waals surface area contributed by atoms with E-state index in [4.69, 9.17) is 0 Å². The molecule has 3 heteroatoms. The molecule has 2 aromatic carbocycles. The molecule has 0 unspecified atom stereocenters. The molecule has 0 radical (unpaired) electrons. The van der Waals surface area contributed by atoms with Crippen molar-refractivity contribution in [2.75, 3.05) is 0 Å². The van der Waals surface area contributed by atoms with E-state index in [1.807, 2.05) is 6.07 Å². The lowest BCUT2D eigenvalue weighted by molar-refractivity contribution is -0.118. The summed E-state index contributed by atoms with van der Waals surface area (Å²) in [6, 6.07) is 13.6. The molecule has 0 aromatic heterocycles. The van der Waals surface area contributed by atoms with Gasteiger partial charge in [-0.25, -0.2) is 0 Å². The van der Waals surface area contributed by atoms with Gasteiger partial charge in [-0.1, -0.05) is 43.3 Å². The van der Waals surface area contributed by atoms with Crippen molar-refractivity contribution in [2.45, 2.75) is 19.8 Å². The number of aromatic hydroxyl groups is 1. The zero-order valence-corrected chi connectivity index (χ0v) is 11.3. The van der Waals surface area contributed by atoms with Crippen LogP contribution in [0.2, 0.25) is 0 Å². The first-order valence-electron chi connectivity index (χ1n) is 6.55. The highest BCUT2D eigenvalue weighted by Crippen LogP contribution is 2.22. The number of benzene rings is 2. The van der Waals surface area contributed by atoms with E-state index in [1.54, 1.807) is 43.3 Å². The third-order valence-electron chi connectivity index (χ3n) is 3.14. The Bertz CT molecular complexity index is 630. The number of carbonyl (C=O) groups is 2. The molecule has 0 heterocycles. The number of hydrogen-bond acceptors (Lipinski definition) is 3. The Morgan fingerprint density at radius 3 is 2.35 bits per heavy atom. The summed E-state index contributed by atoms with van der Waals surface area (Å²) in [7, 11) is 0. The van der Waals surface area contributed by atoms with Crippen molar-refractivity contribution in [1.82, 2.24) is 0 Å². The third kappa shape index (κ3) is 3.12. The van der Waals surface area contributed by atoms with Crippen LogP contribution in [-0.4, -0.2) is 16.7 Å². The molecule has 0 fully saturated rings. The van der Waals surface area contributed by atoms with Gasteiger partial charge in [0.15, 0.2) is 5.78 Å². The van der Waals surface area contributed by atoms with Crippen molar-refractivity contribution in [1.29, 1.82) is 0 Å². The second-order valence-corrected chi connectivity index (χ2v) is 4.62. The van der Waals surface area contributed by atoms with Gasteiger partial charge in [-0.05, 0) is 17.7 Å². The lowest BCUT2D eigenvalue weighted by Crippen LogP contribution is -2.04. The van der Waals surface area contributed by atoms with E-state index in [0.717, 1.165) is 5.56 Å². The lowest BCUT2D eigenvalue weighted by Gasteiger charge is -2.06. The van der Waals surface area contributed by atoms with Crippen LogP contribution in [0.4, 0.5) is 0 Å². The minimum absolute atomic E-state index is 0.0831. The second-order valence-electron chi connectivity index (χ2n) is 4.62. The Hall–Kier alpha value is -2.42. The van der Waals surface area contributed by atoms with Crippen LogP contribution in [0, 0.1) is 0 Å². The zero-order valence-electron chi connectivity index (χ0n) is 11.3. The van der Waals surface area contributed by atoms with Gasteiger partial charge in [-0.2, -0.15) is 0 Å². The molecule has 20 heavy (non-hydrogen) atoms.